The minimum absolute atomic E-state index is 0.0182. The summed E-state index contributed by atoms with van der Waals surface area (Å²) in [6, 6.07) is 4.07. The first-order valence-corrected chi connectivity index (χ1v) is 5.37. The lowest BCUT2D eigenvalue weighted by molar-refractivity contribution is 0.0692. The van der Waals surface area contributed by atoms with Gasteiger partial charge in [-0.15, -0.1) is 0 Å². The Kier molecular flexibility index (Phi) is 3.62. The van der Waals surface area contributed by atoms with E-state index in [-0.39, 0.29) is 16.7 Å². The first-order valence-electron chi connectivity index (χ1n) is 4.99. The molecule has 1 heterocycles. The highest BCUT2D eigenvalue weighted by Crippen LogP contribution is 2.30. The molecule has 0 spiro atoms. The van der Waals surface area contributed by atoms with E-state index in [2.05, 4.69) is 4.98 Å². The topological polar surface area (TPSA) is 59.4 Å². The van der Waals surface area contributed by atoms with Crippen molar-refractivity contribution in [2.24, 2.45) is 0 Å². The van der Waals surface area contributed by atoms with Crippen LogP contribution in [0.1, 0.15) is 10.4 Å². The number of nitrogens with zero attached hydrogens (tertiary/aromatic N) is 1. The molecule has 98 valence electrons. The Morgan fingerprint density at radius 2 is 2.00 bits per heavy atom. The van der Waals surface area contributed by atoms with Gasteiger partial charge >= 0.3 is 5.97 Å². The SMILES string of the molecule is O=C(O)c1cc(F)cnc1Oc1ccc(F)cc1Cl. The summed E-state index contributed by atoms with van der Waals surface area (Å²) >= 11 is 5.73. The Labute approximate surface area is 111 Å². The monoisotopic (exact) mass is 285 g/mol. The molecule has 0 aliphatic rings. The highest BCUT2D eigenvalue weighted by atomic mass is 35.5. The van der Waals surface area contributed by atoms with Gasteiger partial charge in [-0.25, -0.2) is 18.6 Å². The maximum Gasteiger partial charge on any atom is 0.341 e. The second-order valence-corrected chi connectivity index (χ2v) is 3.90. The number of hydrogen-bond acceptors (Lipinski definition) is 3. The molecule has 0 bridgehead atoms. The number of halogens is 3. The lowest BCUT2D eigenvalue weighted by Crippen LogP contribution is -2.03. The van der Waals surface area contributed by atoms with Crippen LogP contribution in [-0.4, -0.2) is 16.1 Å². The van der Waals surface area contributed by atoms with Crippen molar-refractivity contribution in [3.63, 3.8) is 0 Å². The minimum Gasteiger partial charge on any atom is -0.477 e. The van der Waals surface area contributed by atoms with Crippen LogP contribution < -0.4 is 4.74 Å². The van der Waals surface area contributed by atoms with Crippen molar-refractivity contribution in [2.75, 3.05) is 0 Å². The molecular weight excluding hydrogens is 280 g/mol. The zero-order valence-corrected chi connectivity index (χ0v) is 9.99. The van der Waals surface area contributed by atoms with E-state index >= 15 is 0 Å². The van der Waals surface area contributed by atoms with Gasteiger partial charge in [0.05, 0.1) is 11.2 Å². The van der Waals surface area contributed by atoms with Crippen LogP contribution in [-0.2, 0) is 0 Å². The Balaban J connectivity index is 2.40. The van der Waals surface area contributed by atoms with Crippen molar-refractivity contribution < 1.29 is 23.4 Å². The number of aromatic carboxylic acids is 1. The van der Waals surface area contributed by atoms with E-state index in [0.717, 1.165) is 24.4 Å². The predicted molar refractivity (Wildman–Crippen MR) is 62.6 cm³/mol. The molecule has 2 rings (SSSR count). The molecule has 2 aromatic rings. The van der Waals surface area contributed by atoms with E-state index in [4.69, 9.17) is 21.4 Å². The van der Waals surface area contributed by atoms with Crippen LogP contribution in [0.2, 0.25) is 5.02 Å². The van der Waals surface area contributed by atoms with Crippen molar-refractivity contribution in [1.82, 2.24) is 4.98 Å². The number of carboxylic acids is 1. The molecule has 19 heavy (non-hydrogen) atoms. The molecule has 0 amide bonds. The zero-order valence-electron chi connectivity index (χ0n) is 9.23. The van der Waals surface area contributed by atoms with Crippen LogP contribution in [0.15, 0.2) is 30.5 Å². The van der Waals surface area contributed by atoms with Gasteiger partial charge in [0.15, 0.2) is 0 Å². The minimum atomic E-state index is -1.40. The average Bonchev–Trinajstić information content (AvgIpc) is 2.34. The van der Waals surface area contributed by atoms with Crippen LogP contribution >= 0.6 is 11.6 Å². The van der Waals surface area contributed by atoms with E-state index in [1.165, 1.54) is 6.07 Å². The van der Waals surface area contributed by atoms with Crippen LogP contribution in [0.3, 0.4) is 0 Å². The Bertz CT molecular complexity index is 649. The van der Waals surface area contributed by atoms with Gasteiger partial charge in [-0.1, -0.05) is 11.6 Å². The first-order chi connectivity index (χ1) is 8.97. The fourth-order valence-corrected chi connectivity index (χ4v) is 1.53. The fraction of sp³-hybridized carbons (Fsp3) is 0. The number of benzene rings is 1. The van der Waals surface area contributed by atoms with Crippen molar-refractivity contribution in [3.05, 3.63) is 52.7 Å². The number of aromatic nitrogens is 1. The molecule has 0 saturated heterocycles. The molecule has 0 radical (unpaired) electrons. The standard InChI is InChI=1S/C12H6ClF2NO3/c13-9-4-6(14)1-2-10(9)19-11-8(12(17)18)3-7(15)5-16-11/h1-5H,(H,17,18). The number of carbonyl (C=O) groups is 1. The van der Waals surface area contributed by atoms with Crippen LogP contribution in [0.5, 0.6) is 11.6 Å². The molecule has 0 saturated carbocycles. The summed E-state index contributed by atoms with van der Waals surface area (Å²) in [5.41, 5.74) is -0.458. The van der Waals surface area contributed by atoms with Gasteiger partial charge in [-0.05, 0) is 24.3 Å². The van der Waals surface area contributed by atoms with Gasteiger partial charge in [-0.2, -0.15) is 0 Å². The maximum atomic E-state index is 12.9. The molecule has 0 aliphatic heterocycles. The molecule has 4 nitrogen and oxygen atoms in total. The van der Waals surface area contributed by atoms with Gasteiger partial charge in [0.25, 0.3) is 0 Å². The van der Waals surface area contributed by atoms with Crippen molar-refractivity contribution in [1.29, 1.82) is 0 Å². The lowest BCUT2D eigenvalue weighted by Gasteiger charge is -2.08. The fourth-order valence-electron chi connectivity index (χ4n) is 1.32. The highest BCUT2D eigenvalue weighted by molar-refractivity contribution is 6.32. The summed E-state index contributed by atoms with van der Waals surface area (Å²) in [5, 5.41) is 8.85. The molecule has 1 aromatic carbocycles. The van der Waals surface area contributed by atoms with E-state index in [1.807, 2.05) is 0 Å². The average molecular weight is 286 g/mol. The van der Waals surface area contributed by atoms with Gasteiger partial charge in [0, 0.05) is 0 Å². The van der Waals surface area contributed by atoms with Crippen molar-refractivity contribution >= 4 is 17.6 Å². The third-order valence-corrected chi connectivity index (χ3v) is 2.44. The quantitative estimate of drug-likeness (QED) is 0.937. The van der Waals surface area contributed by atoms with E-state index < -0.39 is 23.2 Å². The van der Waals surface area contributed by atoms with Gasteiger partial charge in [0.1, 0.15) is 22.9 Å². The number of carboxylic acid groups (broad SMARTS) is 1. The van der Waals surface area contributed by atoms with E-state index in [0.29, 0.717) is 0 Å². The molecular formula is C12H6ClF2NO3. The summed E-state index contributed by atoms with van der Waals surface area (Å²) in [4.78, 5) is 14.5. The van der Waals surface area contributed by atoms with Crippen molar-refractivity contribution in [2.45, 2.75) is 0 Å². The molecule has 7 heteroatoms. The van der Waals surface area contributed by atoms with E-state index in [9.17, 15) is 13.6 Å². The second kappa shape index (κ2) is 5.19. The van der Waals surface area contributed by atoms with Crippen molar-refractivity contribution in [3.8, 4) is 11.6 Å². The molecule has 0 aliphatic carbocycles. The third-order valence-electron chi connectivity index (χ3n) is 2.15. The first kappa shape index (κ1) is 13.2. The predicted octanol–water partition coefficient (Wildman–Crippen LogP) is 3.50. The molecule has 0 atom stereocenters. The number of pyridine rings is 1. The molecule has 1 N–H and O–H groups in total. The second-order valence-electron chi connectivity index (χ2n) is 3.49. The van der Waals surface area contributed by atoms with Gasteiger partial charge in [-0.3, -0.25) is 0 Å². The van der Waals surface area contributed by atoms with Gasteiger partial charge in [0.2, 0.25) is 5.88 Å². The number of rotatable bonds is 3. The molecule has 1 aromatic heterocycles. The van der Waals surface area contributed by atoms with E-state index in [1.54, 1.807) is 0 Å². The summed E-state index contributed by atoms with van der Waals surface area (Å²) in [6.45, 7) is 0. The summed E-state index contributed by atoms with van der Waals surface area (Å²) < 4.78 is 30.9. The highest BCUT2D eigenvalue weighted by Gasteiger charge is 2.16. The number of hydrogen-bond donors (Lipinski definition) is 1. The maximum absolute atomic E-state index is 12.9. The third kappa shape index (κ3) is 2.97. The number of ether oxygens (including phenoxy) is 1. The van der Waals surface area contributed by atoms with Crippen LogP contribution in [0.4, 0.5) is 8.78 Å². The Morgan fingerprint density at radius 1 is 1.26 bits per heavy atom. The largest absolute Gasteiger partial charge is 0.477 e. The molecule has 0 fully saturated rings. The van der Waals surface area contributed by atoms with Crippen LogP contribution in [0, 0.1) is 11.6 Å². The van der Waals surface area contributed by atoms with Crippen LogP contribution in [0.25, 0.3) is 0 Å². The lowest BCUT2D eigenvalue weighted by atomic mass is 10.2. The molecule has 0 unspecified atom stereocenters. The summed E-state index contributed by atoms with van der Waals surface area (Å²) in [5.74, 6) is -3.09. The normalized spacial score (nSPS) is 10.3. The summed E-state index contributed by atoms with van der Waals surface area (Å²) in [7, 11) is 0. The van der Waals surface area contributed by atoms with Gasteiger partial charge < -0.3 is 9.84 Å². The Morgan fingerprint density at radius 3 is 2.63 bits per heavy atom. The smallest absolute Gasteiger partial charge is 0.341 e. The summed E-state index contributed by atoms with van der Waals surface area (Å²) in [6.07, 6.45) is 0.805. The zero-order chi connectivity index (χ0) is 14.0. The Hall–Kier alpha value is -2.21.